The third-order valence-corrected chi connectivity index (χ3v) is 7.21. The number of amides is 2. The smallest absolute Gasteiger partial charge is 0.243 e. The Balaban J connectivity index is 1.85. The van der Waals surface area contributed by atoms with Gasteiger partial charge in [0.2, 0.25) is 11.8 Å². The average molecular weight is 548 g/mol. The molecule has 0 heterocycles. The molecule has 3 aromatic carbocycles. The minimum absolute atomic E-state index is 0.0120. The predicted octanol–water partition coefficient (Wildman–Crippen LogP) is 6.53. The van der Waals surface area contributed by atoms with Gasteiger partial charge < -0.3 is 10.2 Å². The van der Waals surface area contributed by atoms with Gasteiger partial charge in [0.05, 0.1) is 15.8 Å². The molecule has 0 radical (unpaired) electrons. The molecule has 1 N–H and O–H groups in total. The zero-order chi connectivity index (χ0) is 26.1. The summed E-state index contributed by atoms with van der Waals surface area (Å²) in [6.07, 6.45) is 0.317. The molecule has 1 atom stereocenters. The molecule has 0 fully saturated rings. The second-order valence-corrected chi connectivity index (χ2v) is 10.5. The van der Waals surface area contributed by atoms with Gasteiger partial charge in [0.15, 0.2) is 0 Å². The fourth-order valence-electron chi connectivity index (χ4n) is 3.71. The Labute approximate surface area is 226 Å². The monoisotopic (exact) mass is 546 g/mol. The highest BCUT2D eigenvalue weighted by atomic mass is 35.5. The number of rotatable bonds is 11. The van der Waals surface area contributed by atoms with Gasteiger partial charge in [-0.25, -0.2) is 4.39 Å². The van der Waals surface area contributed by atoms with Crippen molar-refractivity contribution in [1.82, 2.24) is 10.2 Å². The summed E-state index contributed by atoms with van der Waals surface area (Å²) in [5.74, 6) is -0.273. The van der Waals surface area contributed by atoms with E-state index in [-0.39, 0.29) is 30.2 Å². The lowest BCUT2D eigenvalue weighted by Gasteiger charge is -2.32. The molecule has 0 saturated heterocycles. The van der Waals surface area contributed by atoms with Crippen LogP contribution < -0.4 is 5.32 Å². The van der Waals surface area contributed by atoms with Crippen LogP contribution in [0.3, 0.4) is 0 Å². The van der Waals surface area contributed by atoms with E-state index in [0.29, 0.717) is 27.8 Å². The molecular formula is C28H29Cl2FN2O2S. The van der Waals surface area contributed by atoms with Crippen LogP contribution in [0.2, 0.25) is 10.0 Å². The molecule has 0 aliphatic rings. The van der Waals surface area contributed by atoms with Gasteiger partial charge in [-0.05, 0) is 43.2 Å². The zero-order valence-electron chi connectivity index (χ0n) is 20.2. The Morgan fingerprint density at radius 1 is 0.944 bits per heavy atom. The SMILES string of the molecule is CC(C)NC(=O)[C@H](Cc1ccccc1)N(Cc1ccccc1F)C(=O)CSCc1ccc(Cl)c(Cl)c1. The third kappa shape index (κ3) is 8.26. The van der Waals surface area contributed by atoms with Crippen molar-refractivity contribution in [2.45, 2.75) is 44.6 Å². The minimum Gasteiger partial charge on any atom is -0.352 e. The van der Waals surface area contributed by atoms with Gasteiger partial charge in [-0.2, -0.15) is 0 Å². The largest absolute Gasteiger partial charge is 0.352 e. The highest BCUT2D eigenvalue weighted by Gasteiger charge is 2.31. The molecular weight excluding hydrogens is 518 g/mol. The van der Waals surface area contributed by atoms with Gasteiger partial charge >= 0.3 is 0 Å². The quantitative estimate of drug-likeness (QED) is 0.297. The summed E-state index contributed by atoms with van der Waals surface area (Å²) in [6, 6.07) is 20.3. The number of nitrogens with one attached hydrogen (secondary N) is 1. The van der Waals surface area contributed by atoms with E-state index in [1.54, 1.807) is 30.3 Å². The van der Waals surface area contributed by atoms with Crippen LogP contribution in [0.1, 0.15) is 30.5 Å². The molecule has 3 aromatic rings. The van der Waals surface area contributed by atoms with Crippen molar-refractivity contribution in [2.75, 3.05) is 5.75 Å². The van der Waals surface area contributed by atoms with Gasteiger partial charge in [0.25, 0.3) is 0 Å². The van der Waals surface area contributed by atoms with Crippen molar-refractivity contribution in [1.29, 1.82) is 0 Å². The van der Waals surface area contributed by atoms with Gasteiger partial charge in [-0.3, -0.25) is 9.59 Å². The summed E-state index contributed by atoms with van der Waals surface area (Å²) in [5.41, 5.74) is 2.20. The summed E-state index contributed by atoms with van der Waals surface area (Å²) >= 11 is 13.5. The third-order valence-electron chi connectivity index (χ3n) is 5.48. The van der Waals surface area contributed by atoms with Gasteiger partial charge in [-0.15, -0.1) is 11.8 Å². The predicted molar refractivity (Wildman–Crippen MR) is 147 cm³/mol. The van der Waals surface area contributed by atoms with Crippen LogP contribution >= 0.6 is 35.0 Å². The van der Waals surface area contributed by atoms with Gasteiger partial charge in [0.1, 0.15) is 11.9 Å². The number of hydrogen-bond acceptors (Lipinski definition) is 3. The first kappa shape index (κ1) is 28.0. The molecule has 0 bridgehead atoms. The number of thioether (sulfide) groups is 1. The summed E-state index contributed by atoms with van der Waals surface area (Å²) < 4.78 is 14.6. The highest BCUT2D eigenvalue weighted by Crippen LogP contribution is 2.25. The number of benzene rings is 3. The van der Waals surface area contributed by atoms with E-state index in [0.717, 1.165) is 11.1 Å². The van der Waals surface area contributed by atoms with Crippen molar-refractivity contribution < 1.29 is 14.0 Å². The fraction of sp³-hybridized carbons (Fsp3) is 0.286. The summed E-state index contributed by atoms with van der Waals surface area (Å²) in [5, 5.41) is 3.86. The zero-order valence-corrected chi connectivity index (χ0v) is 22.5. The lowest BCUT2D eigenvalue weighted by Crippen LogP contribution is -2.52. The Hall–Kier alpha value is -2.54. The molecule has 8 heteroatoms. The standard InChI is InChI=1S/C28H29Cl2FN2O2S/c1-19(2)32-28(35)26(15-20-8-4-3-5-9-20)33(16-22-10-6-7-11-25(22)31)27(34)18-36-17-21-12-13-23(29)24(30)14-21/h3-14,19,26H,15-18H2,1-2H3,(H,32,35)/t26-/m0/s1. The van der Waals surface area contributed by atoms with Crippen LogP contribution in [0.15, 0.2) is 72.8 Å². The minimum atomic E-state index is -0.799. The molecule has 2 amide bonds. The van der Waals surface area contributed by atoms with E-state index in [1.807, 2.05) is 50.2 Å². The van der Waals surface area contributed by atoms with Gasteiger partial charge in [0, 0.05) is 30.3 Å². The Morgan fingerprint density at radius 3 is 2.31 bits per heavy atom. The van der Waals surface area contributed by atoms with E-state index in [2.05, 4.69) is 5.32 Å². The fourth-order valence-corrected chi connectivity index (χ4v) is 4.89. The first-order valence-electron chi connectivity index (χ1n) is 11.6. The lowest BCUT2D eigenvalue weighted by atomic mass is 10.0. The summed E-state index contributed by atoms with van der Waals surface area (Å²) in [4.78, 5) is 28.3. The molecule has 3 rings (SSSR count). The number of halogens is 3. The number of carbonyl (C=O) groups excluding carboxylic acids is 2. The van der Waals surface area contributed by atoms with E-state index in [1.165, 1.54) is 22.7 Å². The van der Waals surface area contributed by atoms with Crippen LogP contribution in [0.4, 0.5) is 4.39 Å². The van der Waals surface area contributed by atoms with Crippen molar-refractivity contribution >= 4 is 46.8 Å². The first-order valence-corrected chi connectivity index (χ1v) is 13.5. The molecule has 36 heavy (non-hydrogen) atoms. The Bertz CT molecular complexity index is 1180. The topological polar surface area (TPSA) is 49.4 Å². The summed E-state index contributed by atoms with van der Waals surface area (Å²) in [7, 11) is 0. The van der Waals surface area contributed by atoms with E-state index >= 15 is 0 Å². The van der Waals surface area contributed by atoms with E-state index in [4.69, 9.17) is 23.2 Å². The molecule has 0 saturated carbocycles. The van der Waals surface area contributed by atoms with Crippen molar-refractivity contribution in [3.05, 3.63) is 105 Å². The van der Waals surface area contributed by atoms with Crippen molar-refractivity contribution in [3.8, 4) is 0 Å². The molecule has 0 aliphatic carbocycles. The lowest BCUT2D eigenvalue weighted by molar-refractivity contribution is -0.139. The van der Waals surface area contributed by atoms with Crippen molar-refractivity contribution in [3.63, 3.8) is 0 Å². The van der Waals surface area contributed by atoms with Crippen LogP contribution in [-0.4, -0.2) is 34.6 Å². The van der Waals surface area contributed by atoms with Crippen LogP contribution in [0.25, 0.3) is 0 Å². The second-order valence-electron chi connectivity index (χ2n) is 8.72. The molecule has 0 aliphatic heterocycles. The average Bonchev–Trinajstić information content (AvgIpc) is 2.84. The molecule has 0 unspecified atom stereocenters. The first-order chi connectivity index (χ1) is 17.2. The van der Waals surface area contributed by atoms with Crippen LogP contribution in [0.5, 0.6) is 0 Å². The van der Waals surface area contributed by atoms with Crippen LogP contribution in [-0.2, 0) is 28.3 Å². The van der Waals surface area contributed by atoms with Gasteiger partial charge in [-0.1, -0.05) is 77.8 Å². The number of carbonyl (C=O) groups is 2. The summed E-state index contributed by atoms with van der Waals surface area (Å²) in [6.45, 7) is 3.73. The maximum Gasteiger partial charge on any atom is 0.243 e. The Morgan fingerprint density at radius 2 is 1.64 bits per heavy atom. The highest BCUT2D eigenvalue weighted by molar-refractivity contribution is 7.99. The van der Waals surface area contributed by atoms with E-state index in [9.17, 15) is 14.0 Å². The van der Waals surface area contributed by atoms with Crippen molar-refractivity contribution in [2.24, 2.45) is 0 Å². The molecule has 190 valence electrons. The maximum atomic E-state index is 14.6. The normalized spacial score (nSPS) is 11.8. The maximum absolute atomic E-state index is 14.6. The Kier molecular flexibility index (Phi) is 10.7. The molecule has 4 nitrogen and oxygen atoms in total. The number of hydrogen-bond donors (Lipinski definition) is 1. The van der Waals surface area contributed by atoms with Crippen LogP contribution in [0, 0.1) is 5.82 Å². The second kappa shape index (κ2) is 13.7. The molecule has 0 spiro atoms. The van der Waals surface area contributed by atoms with E-state index < -0.39 is 11.9 Å². The number of nitrogens with zero attached hydrogens (tertiary/aromatic N) is 1. The molecule has 0 aromatic heterocycles.